The summed E-state index contributed by atoms with van der Waals surface area (Å²) in [6, 6.07) is 10.9. The molecule has 0 atom stereocenters. The number of ether oxygens (including phenoxy) is 3. The minimum Gasteiger partial charge on any atom is -0.493 e. The molecule has 2 aromatic rings. The average Bonchev–Trinajstić information content (AvgIpc) is 2.55. The molecule has 5 nitrogen and oxygen atoms in total. The molecule has 0 aliphatic rings. The number of hydrogen-bond donors (Lipinski definition) is 1. The van der Waals surface area contributed by atoms with Crippen molar-refractivity contribution in [3.63, 3.8) is 0 Å². The van der Waals surface area contributed by atoms with Crippen LogP contribution in [0.3, 0.4) is 0 Å². The molecule has 1 amide bonds. The molecule has 0 aliphatic heterocycles. The van der Waals surface area contributed by atoms with Crippen LogP contribution in [0.5, 0.6) is 17.2 Å². The molecule has 0 unspecified atom stereocenters. The van der Waals surface area contributed by atoms with Gasteiger partial charge in [-0.3, -0.25) is 4.79 Å². The van der Waals surface area contributed by atoms with Crippen LogP contribution in [0, 0.1) is 6.92 Å². The topological polar surface area (TPSA) is 56.8 Å². The Hall–Kier alpha value is -2.21. The van der Waals surface area contributed by atoms with Crippen LogP contribution in [0.15, 0.2) is 40.9 Å². The molecule has 0 radical (unpaired) electrons. The SMILES string of the molecule is COc1cccc(OCC(=O)Nc2ccc(Br)cc2C)c1OC. The van der Waals surface area contributed by atoms with E-state index in [2.05, 4.69) is 21.2 Å². The molecule has 2 rings (SSSR count). The zero-order valence-electron chi connectivity index (χ0n) is 13.2. The normalized spacial score (nSPS) is 10.1. The summed E-state index contributed by atoms with van der Waals surface area (Å²) in [5.41, 5.74) is 1.71. The van der Waals surface area contributed by atoms with Gasteiger partial charge in [0.15, 0.2) is 18.1 Å². The summed E-state index contributed by atoms with van der Waals surface area (Å²) in [6.07, 6.45) is 0. The van der Waals surface area contributed by atoms with Crippen LogP contribution in [0.25, 0.3) is 0 Å². The molecule has 0 saturated carbocycles. The van der Waals surface area contributed by atoms with Crippen LogP contribution in [-0.4, -0.2) is 26.7 Å². The van der Waals surface area contributed by atoms with Gasteiger partial charge < -0.3 is 19.5 Å². The number of aryl methyl sites for hydroxylation is 1. The van der Waals surface area contributed by atoms with E-state index in [1.165, 1.54) is 7.11 Å². The van der Waals surface area contributed by atoms with Crippen molar-refractivity contribution < 1.29 is 19.0 Å². The molecule has 122 valence electrons. The van der Waals surface area contributed by atoms with E-state index in [9.17, 15) is 4.79 Å². The number of carbonyl (C=O) groups excluding carboxylic acids is 1. The second-order valence-corrected chi connectivity index (χ2v) is 5.70. The van der Waals surface area contributed by atoms with Crippen LogP contribution in [0.1, 0.15) is 5.56 Å². The maximum absolute atomic E-state index is 12.1. The predicted molar refractivity (Wildman–Crippen MR) is 92.5 cm³/mol. The van der Waals surface area contributed by atoms with Gasteiger partial charge in [0.1, 0.15) is 0 Å². The van der Waals surface area contributed by atoms with Gasteiger partial charge in [0.2, 0.25) is 5.75 Å². The van der Waals surface area contributed by atoms with Gasteiger partial charge in [-0.25, -0.2) is 0 Å². The number of anilines is 1. The summed E-state index contributed by atoms with van der Waals surface area (Å²) < 4.78 is 17.0. The fraction of sp³-hybridized carbons (Fsp3) is 0.235. The quantitative estimate of drug-likeness (QED) is 0.829. The van der Waals surface area contributed by atoms with Gasteiger partial charge >= 0.3 is 0 Å². The van der Waals surface area contributed by atoms with E-state index < -0.39 is 0 Å². The minimum absolute atomic E-state index is 0.126. The van der Waals surface area contributed by atoms with Gasteiger partial charge in [-0.05, 0) is 42.8 Å². The van der Waals surface area contributed by atoms with E-state index in [0.29, 0.717) is 17.2 Å². The zero-order valence-corrected chi connectivity index (χ0v) is 14.8. The van der Waals surface area contributed by atoms with Crippen molar-refractivity contribution in [1.29, 1.82) is 0 Å². The first-order chi connectivity index (χ1) is 11.0. The van der Waals surface area contributed by atoms with Gasteiger partial charge in [-0.2, -0.15) is 0 Å². The van der Waals surface area contributed by atoms with Crippen molar-refractivity contribution in [3.8, 4) is 17.2 Å². The highest BCUT2D eigenvalue weighted by atomic mass is 79.9. The number of hydrogen-bond acceptors (Lipinski definition) is 4. The van der Waals surface area contributed by atoms with Crippen LogP contribution < -0.4 is 19.5 Å². The molecule has 0 aromatic heterocycles. The van der Waals surface area contributed by atoms with Crippen molar-refractivity contribution >= 4 is 27.5 Å². The number of halogens is 1. The lowest BCUT2D eigenvalue weighted by atomic mass is 10.2. The lowest BCUT2D eigenvalue weighted by molar-refractivity contribution is -0.118. The molecule has 0 spiro atoms. The van der Waals surface area contributed by atoms with E-state index in [1.54, 1.807) is 25.3 Å². The van der Waals surface area contributed by atoms with Crippen LogP contribution in [-0.2, 0) is 4.79 Å². The van der Waals surface area contributed by atoms with Crippen LogP contribution in [0.4, 0.5) is 5.69 Å². The van der Waals surface area contributed by atoms with Gasteiger partial charge in [-0.15, -0.1) is 0 Å². The van der Waals surface area contributed by atoms with Gasteiger partial charge in [-0.1, -0.05) is 22.0 Å². The Labute approximate surface area is 143 Å². The highest BCUT2D eigenvalue weighted by molar-refractivity contribution is 9.10. The summed E-state index contributed by atoms with van der Waals surface area (Å²) in [4.78, 5) is 12.1. The smallest absolute Gasteiger partial charge is 0.262 e. The third-order valence-corrected chi connectivity index (χ3v) is 3.68. The van der Waals surface area contributed by atoms with Crippen molar-refractivity contribution in [3.05, 3.63) is 46.4 Å². The lowest BCUT2D eigenvalue weighted by Gasteiger charge is -2.14. The predicted octanol–water partition coefficient (Wildman–Crippen LogP) is 3.79. The molecule has 23 heavy (non-hydrogen) atoms. The second kappa shape index (κ2) is 7.87. The molecule has 0 saturated heterocycles. The number of para-hydroxylation sites is 1. The number of nitrogens with one attached hydrogen (secondary N) is 1. The van der Waals surface area contributed by atoms with Crippen molar-refractivity contribution in [2.24, 2.45) is 0 Å². The lowest BCUT2D eigenvalue weighted by Crippen LogP contribution is -2.20. The Morgan fingerprint density at radius 3 is 2.52 bits per heavy atom. The Kier molecular flexibility index (Phi) is 5.87. The van der Waals surface area contributed by atoms with Gasteiger partial charge in [0.25, 0.3) is 5.91 Å². The third kappa shape index (κ3) is 4.39. The first kappa shape index (κ1) is 17.1. The summed E-state index contributed by atoms with van der Waals surface area (Å²) >= 11 is 3.39. The standard InChI is InChI=1S/C17H18BrNO4/c1-11-9-12(18)7-8-13(11)19-16(20)10-23-15-6-4-5-14(21-2)17(15)22-3/h4-9H,10H2,1-3H3,(H,19,20). The molecule has 0 bridgehead atoms. The summed E-state index contributed by atoms with van der Waals surface area (Å²) in [5, 5.41) is 2.82. The summed E-state index contributed by atoms with van der Waals surface area (Å²) in [6.45, 7) is 1.80. The Morgan fingerprint density at radius 2 is 1.87 bits per heavy atom. The van der Waals surface area contributed by atoms with E-state index in [4.69, 9.17) is 14.2 Å². The number of benzene rings is 2. The van der Waals surface area contributed by atoms with Crippen LogP contribution >= 0.6 is 15.9 Å². The number of rotatable bonds is 6. The monoisotopic (exact) mass is 379 g/mol. The fourth-order valence-electron chi connectivity index (χ4n) is 2.07. The second-order valence-electron chi connectivity index (χ2n) is 4.79. The highest BCUT2D eigenvalue weighted by Gasteiger charge is 2.12. The molecule has 0 fully saturated rings. The van der Waals surface area contributed by atoms with E-state index in [1.807, 2.05) is 25.1 Å². The number of amides is 1. The van der Waals surface area contributed by atoms with Gasteiger partial charge in [0.05, 0.1) is 14.2 Å². The third-order valence-electron chi connectivity index (χ3n) is 3.19. The Morgan fingerprint density at radius 1 is 1.13 bits per heavy atom. The van der Waals surface area contributed by atoms with Crippen molar-refractivity contribution in [2.45, 2.75) is 6.92 Å². The number of methoxy groups -OCH3 is 2. The minimum atomic E-state index is -0.250. The molecule has 2 aromatic carbocycles. The highest BCUT2D eigenvalue weighted by Crippen LogP contribution is 2.36. The number of carbonyl (C=O) groups is 1. The molecular weight excluding hydrogens is 362 g/mol. The Balaban J connectivity index is 2.02. The van der Waals surface area contributed by atoms with E-state index in [0.717, 1.165) is 15.7 Å². The fourth-order valence-corrected chi connectivity index (χ4v) is 2.54. The Bertz CT molecular complexity index is 703. The maximum atomic E-state index is 12.1. The first-order valence-electron chi connectivity index (χ1n) is 6.95. The average molecular weight is 380 g/mol. The first-order valence-corrected chi connectivity index (χ1v) is 7.74. The van der Waals surface area contributed by atoms with E-state index >= 15 is 0 Å². The molecule has 0 heterocycles. The van der Waals surface area contributed by atoms with Gasteiger partial charge in [0, 0.05) is 10.2 Å². The van der Waals surface area contributed by atoms with Crippen LogP contribution in [0.2, 0.25) is 0 Å². The molecular formula is C17H18BrNO4. The largest absolute Gasteiger partial charge is 0.493 e. The molecule has 6 heteroatoms. The zero-order chi connectivity index (χ0) is 16.8. The molecule has 0 aliphatic carbocycles. The maximum Gasteiger partial charge on any atom is 0.262 e. The van der Waals surface area contributed by atoms with E-state index in [-0.39, 0.29) is 12.5 Å². The molecule has 1 N–H and O–H groups in total. The summed E-state index contributed by atoms with van der Waals surface area (Å²) in [5.74, 6) is 1.21. The summed E-state index contributed by atoms with van der Waals surface area (Å²) in [7, 11) is 3.07. The van der Waals surface area contributed by atoms with Crippen molar-refractivity contribution in [2.75, 3.05) is 26.1 Å². The van der Waals surface area contributed by atoms with Crippen molar-refractivity contribution in [1.82, 2.24) is 0 Å².